The third-order valence-corrected chi connectivity index (χ3v) is 5.42. The largest absolute Gasteiger partial charge is 0.372 e. The van der Waals surface area contributed by atoms with Crippen LogP contribution in [-0.2, 0) is 24.1 Å². The number of ether oxygens (including phenoxy) is 1. The van der Waals surface area contributed by atoms with E-state index in [0.717, 1.165) is 37.4 Å². The maximum atomic E-state index is 6.13. The number of benzene rings is 1. The number of hydrogen-bond donors (Lipinski definition) is 2. The predicted molar refractivity (Wildman–Crippen MR) is 103 cm³/mol. The van der Waals surface area contributed by atoms with Gasteiger partial charge in [-0.05, 0) is 61.9 Å². The van der Waals surface area contributed by atoms with E-state index in [1.165, 1.54) is 24.0 Å². The zero-order valence-electron chi connectivity index (χ0n) is 15.3. The van der Waals surface area contributed by atoms with Crippen LogP contribution >= 0.6 is 0 Å². The molecule has 6 nitrogen and oxygen atoms in total. The van der Waals surface area contributed by atoms with Gasteiger partial charge >= 0.3 is 0 Å². The Balaban J connectivity index is 1.40. The predicted octanol–water partition coefficient (Wildman–Crippen LogP) is 2.90. The molecule has 2 aliphatic rings. The molecule has 1 saturated heterocycles. The Morgan fingerprint density at radius 1 is 1.35 bits per heavy atom. The lowest BCUT2D eigenvalue weighted by molar-refractivity contribution is 0.0851. The first-order valence-electron chi connectivity index (χ1n) is 9.56. The minimum Gasteiger partial charge on any atom is -0.372 e. The first-order chi connectivity index (χ1) is 12.7. The van der Waals surface area contributed by atoms with Crippen molar-refractivity contribution >= 4 is 11.6 Å². The lowest BCUT2D eigenvalue weighted by Crippen LogP contribution is -2.24. The van der Waals surface area contributed by atoms with Gasteiger partial charge in [0.15, 0.2) is 5.96 Å². The minimum absolute atomic E-state index is 0.0500. The Morgan fingerprint density at radius 3 is 3.12 bits per heavy atom. The number of nitrogens with one attached hydrogen (secondary N) is 1. The second-order valence-corrected chi connectivity index (χ2v) is 7.10. The molecule has 1 aliphatic carbocycles. The van der Waals surface area contributed by atoms with Gasteiger partial charge in [-0.25, -0.2) is 0 Å². The molecule has 0 amide bonds. The molecule has 0 unspecified atom stereocenters. The van der Waals surface area contributed by atoms with Crippen LogP contribution in [0.4, 0.5) is 5.69 Å². The van der Waals surface area contributed by atoms with Gasteiger partial charge < -0.3 is 15.8 Å². The van der Waals surface area contributed by atoms with Crippen LogP contribution in [0.1, 0.15) is 42.7 Å². The van der Waals surface area contributed by atoms with Gasteiger partial charge in [0.05, 0.1) is 5.69 Å². The molecular weight excluding hydrogens is 326 g/mol. The average Bonchev–Trinajstić information content (AvgIpc) is 3.38. The van der Waals surface area contributed by atoms with Crippen LogP contribution in [0.25, 0.3) is 0 Å². The molecule has 0 bridgehead atoms. The van der Waals surface area contributed by atoms with E-state index in [-0.39, 0.29) is 6.10 Å². The molecule has 0 radical (unpaired) electrons. The number of aliphatic imine (C=N–C) groups is 1. The highest BCUT2D eigenvalue weighted by molar-refractivity contribution is 5.92. The van der Waals surface area contributed by atoms with Crippen molar-refractivity contribution in [2.24, 2.45) is 16.6 Å². The van der Waals surface area contributed by atoms with Gasteiger partial charge in [0.1, 0.15) is 6.10 Å². The number of aromatic nitrogens is 2. The standard InChI is InChI=1S/C20H27N5O/c1-2-25-18(8-10-23-25)19-16(9-11-26-19)13-22-20(21)24-17-7-6-14-4-3-5-15(14)12-17/h6-8,10,12,16,19H,2-5,9,11,13H2,1H3,(H3,21,22,24)/t16-,19+/m0/s1. The molecule has 4 rings (SSSR count). The summed E-state index contributed by atoms with van der Waals surface area (Å²) in [5.41, 5.74) is 11.2. The SMILES string of the molecule is CCn1nccc1[C@@H]1OCC[C@H]1CN=C(N)Nc1ccc2c(c1)CCC2. The Hall–Kier alpha value is -2.34. The van der Waals surface area contributed by atoms with E-state index < -0.39 is 0 Å². The van der Waals surface area contributed by atoms with Crippen LogP contribution in [0.3, 0.4) is 0 Å². The third-order valence-electron chi connectivity index (χ3n) is 5.42. The lowest BCUT2D eigenvalue weighted by Gasteiger charge is -2.18. The van der Waals surface area contributed by atoms with E-state index in [1.54, 1.807) is 0 Å². The number of fused-ring (bicyclic) bond motifs is 1. The molecular formula is C20H27N5O. The summed E-state index contributed by atoms with van der Waals surface area (Å²) in [5, 5.41) is 7.59. The molecule has 2 heterocycles. The second kappa shape index (κ2) is 7.50. The molecule has 0 spiro atoms. The van der Waals surface area contributed by atoms with Crippen LogP contribution in [0.2, 0.25) is 0 Å². The van der Waals surface area contributed by atoms with E-state index in [2.05, 4.69) is 40.5 Å². The molecule has 26 heavy (non-hydrogen) atoms. The summed E-state index contributed by atoms with van der Waals surface area (Å²) in [4.78, 5) is 4.58. The van der Waals surface area contributed by atoms with Gasteiger partial charge in [-0.2, -0.15) is 5.10 Å². The van der Waals surface area contributed by atoms with E-state index in [4.69, 9.17) is 10.5 Å². The number of hydrogen-bond acceptors (Lipinski definition) is 3. The smallest absolute Gasteiger partial charge is 0.193 e. The van der Waals surface area contributed by atoms with Gasteiger partial charge in [0.25, 0.3) is 0 Å². The van der Waals surface area contributed by atoms with Crippen molar-refractivity contribution in [2.75, 3.05) is 18.5 Å². The number of guanidine groups is 1. The number of nitrogens with zero attached hydrogens (tertiary/aromatic N) is 3. The summed E-state index contributed by atoms with van der Waals surface area (Å²) in [6.45, 7) is 4.36. The number of anilines is 1. The zero-order chi connectivity index (χ0) is 17.9. The Bertz CT molecular complexity index is 797. The van der Waals surface area contributed by atoms with E-state index in [1.807, 2.05) is 16.9 Å². The van der Waals surface area contributed by atoms with Crippen molar-refractivity contribution in [3.05, 3.63) is 47.3 Å². The average molecular weight is 353 g/mol. The normalized spacial score (nSPS) is 22.6. The summed E-state index contributed by atoms with van der Waals surface area (Å²) in [6, 6.07) is 8.53. The van der Waals surface area contributed by atoms with Gasteiger partial charge in [0.2, 0.25) is 0 Å². The minimum atomic E-state index is 0.0500. The van der Waals surface area contributed by atoms with Gasteiger partial charge in [0, 0.05) is 37.5 Å². The number of aryl methyl sites for hydroxylation is 3. The monoisotopic (exact) mass is 353 g/mol. The van der Waals surface area contributed by atoms with Crippen LogP contribution in [-0.4, -0.2) is 28.9 Å². The van der Waals surface area contributed by atoms with E-state index in [0.29, 0.717) is 18.4 Å². The summed E-state index contributed by atoms with van der Waals surface area (Å²) in [7, 11) is 0. The van der Waals surface area contributed by atoms with E-state index in [9.17, 15) is 0 Å². The van der Waals surface area contributed by atoms with Crippen molar-refractivity contribution in [3.8, 4) is 0 Å². The maximum Gasteiger partial charge on any atom is 0.193 e. The molecule has 2 aromatic rings. The van der Waals surface area contributed by atoms with Gasteiger partial charge in [-0.3, -0.25) is 9.67 Å². The quantitative estimate of drug-likeness (QED) is 0.640. The Labute approximate surface area is 154 Å². The molecule has 1 aromatic heterocycles. The Morgan fingerprint density at radius 2 is 2.23 bits per heavy atom. The first kappa shape index (κ1) is 17.1. The highest BCUT2D eigenvalue weighted by atomic mass is 16.5. The molecule has 1 aliphatic heterocycles. The van der Waals surface area contributed by atoms with Crippen molar-refractivity contribution in [3.63, 3.8) is 0 Å². The highest BCUT2D eigenvalue weighted by Gasteiger charge is 2.31. The molecule has 6 heteroatoms. The fourth-order valence-electron chi connectivity index (χ4n) is 4.05. The molecule has 0 saturated carbocycles. The summed E-state index contributed by atoms with van der Waals surface area (Å²) >= 11 is 0. The first-order valence-corrected chi connectivity index (χ1v) is 9.56. The van der Waals surface area contributed by atoms with Gasteiger partial charge in [-0.15, -0.1) is 0 Å². The summed E-state index contributed by atoms with van der Waals surface area (Å²) < 4.78 is 7.96. The fraction of sp³-hybridized carbons (Fsp3) is 0.500. The zero-order valence-corrected chi connectivity index (χ0v) is 15.3. The molecule has 1 fully saturated rings. The maximum absolute atomic E-state index is 6.13. The topological polar surface area (TPSA) is 77.5 Å². The number of nitrogens with two attached hydrogens (primary N) is 1. The molecule has 3 N–H and O–H groups in total. The summed E-state index contributed by atoms with van der Waals surface area (Å²) in [6.07, 6.45) is 6.48. The Kier molecular flexibility index (Phi) is 4.93. The third kappa shape index (κ3) is 3.46. The van der Waals surface area contributed by atoms with Gasteiger partial charge in [-0.1, -0.05) is 6.07 Å². The highest BCUT2D eigenvalue weighted by Crippen LogP contribution is 2.34. The molecule has 138 valence electrons. The fourth-order valence-corrected chi connectivity index (χ4v) is 4.05. The van der Waals surface area contributed by atoms with Crippen molar-refractivity contribution in [2.45, 2.75) is 45.3 Å². The summed E-state index contributed by atoms with van der Waals surface area (Å²) in [5.74, 6) is 0.801. The second-order valence-electron chi connectivity index (χ2n) is 7.10. The van der Waals surface area contributed by atoms with Crippen LogP contribution in [0.15, 0.2) is 35.5 Å². The van der Waals surface area contributed by atoms with Crippen molar-refractivity contribution in [1.82, 2.24) is 9.78 Å². The molecule has 1 aromatic carbocycles. The van der Waals surface area contributed by atoms with Crippen LogP contribution < -0.4 is 11.1 Å². The number of rotatable bonds is 5. The van der Waals surface area contributed by atoms with Crippen molar-refractivity contribution in [1.29, 1.82) is 0 Å². The molecule has 2 atom stereocenters. The van der Waals surface area contributed by atoms with Crippen LogP contribution in [0, 0.1) is 5.92 Å². The van der Waals surface area contributed by atoms with E-state index >= 15 is 0 Å². The lowest BCUT2D eigenvalue weighted by atomic mass is 9.99. The van der Waals surface area contributed by atoms with Crippen LogP contribution in [0.5, 0.6) is 0 Å². The van der Waals surface area contributed by atoms with Crippen molar-refractivity contribution < 1.29 is 4.74 Å².